The van der Waals surface area contributed by atoms with E-state index in [9.17, 15) is 0 Å². The van der Waals surface area contributed by atoms with Crippen molar-refractivity contribution in [2.75, 3.05) is 5.73 Å². The second kappa shape index (κ2) is 3.87. The zero-order valence-electron chi connectivity index (χ0n) is 11.1. The molecule has 4 nitrogen and oxygen atoms in total. The van der Waals surface area contributed by atoms with Gasteiger partial charge >= 0.3 is 0 Å². The summed E-state index contributed by atoms with van der Waals surface area (Å²) >= 11 is 0. The molecule has 2 aromatic heterocycles. The standard InChI is InChI=1S/C16H14N4/c1-20-9-13(11-4-2-3-5-15(11)20)16-12-8-10(17)6-7-14(12)18-19-16/h2-9H,17H2,1H3,(H,18,19). The largest absolute Gasteiger partial charge is 0.399 e. The highest BCUT2D eigenvalue weighted by molar-refractivity contribution is 6.03. The van der Waals surface area contributed by atoms with Crippen molar-refractivity contribution in [1.29, 1.82) is 0 Å². The van der Waals surface area contributed by atoms with E-state index in [-0.39, 0.29) is 0 Å². The summed E-state index contributed by atoms with van der Waals surface area (Å²) in [5.41, 5.74) is 10.9. The van der Waals surface area contributed by atoms with Gasteiger partial charge in [-0.3, -0.25) is 5.10 Å². The minimum atomic E-state index is 0.750. The summed E-state index contributed by atoms with van der Waals surface area (Å²) < 4.78 is 2.12. The molecule has 0 saturated carbocycles. The molecule has 3 N–H and O–H groups in total. The molecule has 2 aromatic carbocycles. The molecule has 0 aliphatic heterocycles. The van der Waals surface area contributed by atoms with Crippen LogP contribution in [0.15, 0.2) is 48.7 Å². The Morgan fingerprint density at radius 1 is 1.10 bits per heavy atom. The normalized spacial score (nSPS) is 11.4. The second-order valence-corrected chi connectivity index (χ2v) is 5.05. The number of H-pyrrole nitrogens is 1. The number of nitrogen functional groups attached to an aromatic ring is 1. The lowest BCUT2D eigenvalue weighted by Crippen LogP contribution is -1.83. The molecule has 2 heterocycles. The Hall–Kier alpha value is -2.75. The predicted molar refractivity (Wildman–Crippen MR) is 82.4 cm³/mol. The van der Waals surface area contributed by atoms with Gasteiger partial charge < -0.3 is 10.3 Å². The first-order valence-electron chi connectivity index (χ1n) is 6.52. The Balaban J connectivity index is 2.09. The molecule has 98 valence electrons. The highest BCUT2D eigenvalue weighted by atomic mass is 15.1. The maximum absolute atomic E-state index is 5.90. The Labute approximate surface area is 115 Å². The number of aromatic nitrogens is 3. The summed E-state index contributed by atoms with van der Waals surface area (Å²) in [7, 11) is 2.05. The van der Waals surface area contributed by atoms with Crippen molar-refractivity contribution in [3.8, 4) is 11.3 Å². The quantitative estimate of drug-likeness (QED) is 0.517. The van der Waals surface area contributed by atoms with Crippen molar-refractivity contribution in [3.05, 3.63) is 48.7 Å². The van der Waals surface area contributed by atoms with Crippen molar-refractivity contribution in [2.24, 2.45) is 7.05 Å². The van der Waals surface area contributed by atoms with Gasteiger partial charge in [-0.15, -0.1) is 0 Å². The van der Waals surface area contributed by atoms with E-state index in [1.54, 1.807) is 0 Å². The summed E-state index contributed by atoms with van der Waals surface area (Å²) in [6.45, 7) is 0. The molecule has 0 aliphatic rings. The van der Waals surface area contributed by atoms with Crippen LogP contribution in [0.3, 0.4) is 0 Å². The summed E-state index contributed by atoms with van der Waals surface area (Å²) in [5.74, 6) is 0. The molecule has 0 spiro atoms. The van der Waals surface area contributed by atoms with Crippen molar-refractivity contribution < 1.29 is 0 Å². The van der Waals surface area contributed by atoms with Crippen LogP contribution in [0.2, 0.25) is 0 Å². The van der Waals surface area contributed by atoms with Crippen molar-refractivity contribution >= 4 is 27.5 Å². The molecule has 0 fully saturated rings. The molecule has 0 aliphatic carbocycles. The van der Waals surface area contributed by atoms with Crippen LogP contribution in [0, 0.1) is 0 Å². The predicted octanol–water partition coefficient (Wildman–Crippen LogP) is 3.30. The highest BCUT2D eigenvalue weighted by Crippen LogP contribution is 2.33. The van der Waals surface area contributed by atoms with E-state index < -0.39 is 0 Å². The zero-order chi connectivity index (χ0) is 13.7. The lowest BCUT2D eigenvalue weighted by atomic mass is 10.1. The van der Waals surface area contributed by atoms with Crippen LogP contribution in [0.1, 0.15) is 0 Å². The van der Waals surface area contributed by atoms with E-state index in [0.717, 1.165) is 27.8 Å². The van der Waals surface area contributed by atoms with Crippen LogP contribution >= 0.6 is 0 Å². The summed E-state index contributed by atoms with van der Waals surface area (Å²) in [6, 6.07) is 14.1. The summed E-state index contributed by atoms with van der Waals surface area (Å²) in [5, 5.41) is 9.81. The molecular formula is C16H14N4. The van der Waals surface area contributed by atoms with Gasteiger partial charge in [0.1, 0.15) is 5.69 Å². The van der Waals surface area contributed by atoms with Gasteiger partial charge in [0.2, 0.25) is 0 Å². The third-order valence-corrected chi connectivity index (χ3v) is 3.74. The molecule has 0 unspecified atom stereocenters. The van der Waals surface area contributed by atoms with E-state index in [1.807, 2.05) is 24.3 Å². The van der Waals surface area contributed by atoms with Crippen LogP contribution in [-0.2, 0) is 7.05 Å². The van der Waals surface area contributed by atoms with E-state index >= 15 is 0 Å². The molecule has 0 bridgehead atoms. The van der Waals surface area contributed by atoms with E-state index in [1.165, 1.54) is 10.9 Å². The molecule has 0 amide bonds. The lowest BCUT2D eigenvalue weighted by molar-refractivity contribution is 0.969. The fraction of sp³-hybridized carbons (Fsp3) is 0.0625. The smallest absolute Gasteiger partial charge is 0.102 e. The Kier molecular flexibility index (Phi) is 2.15. The number of hydrogen-bond donors (Lipinski definition) is 2. The number of rotatable bonds is 1. The van der Waals surface area contributed by atoms with Gasteiger partial charge in [0.25, 0.3) is 0 Å². The first-order chi connectivity index (χ1) is 9.74. The summed E-state index contributed by atoms with van der Waals surface area (Å²) in [6.07, 6.45) is 2.11. The first-order valence-corrected chi connectivity index (χ1v) is 6.52. The Bertz CT molecular complexity index is 930. The molecule has 0 atom stereocenters. The van der Waals surface area contributed by atoms with Gasteiger partial charge in [-0.25, -0.2) is 0 Å². The van der Waals surface area contributed by atoms with Crippen LogP contribution < -0.4 is 5.73 Å². The monoisotopic (exact) mass is 262 g/mol. The van der Waals surface area contributed by atoms with Gasteiger partial charge in [-0.05, 0) is 24.3 Å². The number of benzene rings is 2. The lowest BCUT2D eigenvalue weighted by Gasteiger charge is -1.97. The van der Waals surface area contributed by atoms with Crippen LogP contribution in [0.4, 0.5) is 5.69 Å². The van der Waals surface area contributed by atoms with Gasteiger partial charge in [0.15, 0.2) is 0 Å². The molecule has 4 rings (SSSR count). The zero-order valence-corrected chi connectivity index (χ0v) is 11.1. The number of hydrogen-bond acceptors (Lipinski definition) is 2. The van der Waals surface area contributed by atoms with Gasteiger partial charge in [0.05, 0.1) is 5.52 Å². The number of anilines is 1. The fourth-order valence-electron chi connectivity index (χ4n) is 2.77. The maximum Gasteiger partial charge on any atom is 0.102 e. The van der Waals surface area contributed by atoms with Gasteiger partial charge in [0, 0.05) is 40.8 Å². The maximum atomic E-state index is 5.90. The number of para-hydroxylation sites is 1. The molecule has 0 saturated heterocycles. The third kappa shape index (κ3) is 1.45. The second-order valence-electron chi connectivity index (χ2n) is 5.05. The number of nitrogens with two attached hydrogens (primary N) is 1. The molecule has 20 heavy (non-hydrogen) atoms. The molecule has 4 heteroatoms. The SMILES string of the molecule is Cn1cc(-c2n[nH]c3ccc(N)cc23)c2ccccc21. The molecular weight excluding hydrogens is 248 g/mol. The van der Waals surface area contributed by atoms with E-state index in [0.29, 0.717) is 0 Å². The van der Waals surface area contributed by atoms with Crippen LogP contribution in [-0.4, -0.2) is 14.8 Å². The minimum absolute atomic E-state index is 0.750. The average molecular weight is 262 g/mol. The molecule has 4 aromatic rings. The van der Waals surface area contributed by atoms with Crippen LogP contribution in [0.25, 0.3) is 33.1 Å². The number of nitrogens with zero attached hydrogens (tertiary/aromatic N) is 2. The number of fused-ring (bicyclic) bond motifs is 2. The van der Waals surface area contributed by atoms with E-state index in [4.69, 9.17) is 5.73 Å². The van der Waals surface area contributed by atoms with Gasteiger partial charge in [-0.1, -0.05) is 18.2 Å². The van der Waals surface area contributed by atoms with Gasteiger partial charge in [-0.2, -0.15) is 5.10 Å². The van der Waals surface area contributed by atoms with Crippen LogP contribution in [0.5, 0.6) is 0 Å². The van der Waals surface area contributed by atoms with Crippen molar-refractivity contribution in [1.82, 2.24) is 14.8 Å². The number of aromatic amines is 1. The number of aryl methyl sites for hydroxylation is 1. The topological polar surface area (TPSA) is 59.6 Å². The van der Waals surface area contributed by atoms with E-state index in [2.05, 4.69) is 46.2 Å². The Morgan fingerprint density at radius 2 is 1.95 bits per heavy atom. The fourth-order valence-corrected chi connectivity index (χ4v) is 2.77. The van der Waals surface area contributed by atoms with Crippen molar-refractivity contribution in [2.45, 2.75) is 0 Å². The molecule has 0 radical (unpaired) electrons. The highest BCUT2D eigenvalue weighted by Gasteiger charge is 2.13. The Morgan fingerprint density at radius 3 is 2.85 bits per heavy atom. The van der Waals surface area contributed by atoms with Crippen molar-refractivity contribution in [3.63, 3.8) is 0 Å². The minimum Gasteiger partial charge on any atom is -0.399 e. The number of nitrogens with one attached hydrogen (secondary N) is 1. The summed E-state index contributed by atoms with van der Waals surface area (Å²) in [4.78, 5) is 0. The average Bonchev–Trinajstić information content (AvgIpc) is 3.00. The third-order valence-electron chi connectivity index (χ3n) is 3.74. The first kappa shape index (κ1) is 11.1.